The maximum atomic E-state index is 13.1. The Morgan fingerprint density at radius 3 is 2.07 bits per heavy atom. The summed E-state index contributed by atoms with van der Waals surface area (Å²) in [6.45, 7) is 2.82. The van der Waals surface area contributed by atoms with Gasteiger partial charge >= 0.3 is 0 Å². The number of aliphatic hydroxyl groups is 5. The average molecular weight is 579 g/mol. The van der Waals surface area contributed by atoms with E-state index in [0.717, 1.165) is 18.2 Å². The van der Waals surface area contributed by atoms with E-state index in [-0.39, 0.29) is 22.3 Å². The van der Waals surface area contributed by atoms with Gasteiger partial charge in [0, 0.05) is 17.7 Å². The Morgan fingerprint density at radius 2 is 1.39 bits per heavy atom. The van der Waals surface area contributed by atoms with Gasteiger partial charge in [0.2, 0.25) is 0 Å². The molecule has 0 spiro atoms. The van der Waals surface area contributed by atoms with E-state index in [0.29, 0.717) is 0 Å². The zero-order chi connectivity index (χ0) is 29.9. The van der Waals surface area contributed by atoms with Crippen LogP contribution in [0.15, 0.2) is 39.5 Å². The summed E-state index contributed by atoms with van der Waals surface area (Å²) < 4.78 is 22.7. The molecule has 2 saturated heterocycles. The molecule has 3 aromatic rings. The molecule has 14 nitrogen and oxygen atoms in total. The molecule has 0 amide bonds. The van der Waals surface area contributed by atoms with Crippen LogP contribution in [0.25, 0.3) is 22.3 Å². The molecule has 2 aliphatic rings. The standard InChI is InChI=1S/C27H30O14/c1-8-20(33)23(36)26(41-27-24(37)22(35)19(32)9(2)39-27)25(38-8)18-14(31)7-16-17(21(18)34)13(30)6-15(40-16)10-3-4-11(28)12(29)5-10/h3-9,19-20,22-29,31-37H,1-2H3/t8-,9-,19-,20-,22+,23+,24+,25+,26-,27-/m0/s1. The topological polar surface area (TPSA) is 240 Å². The monoisotopic (exact) mass is 578 g/mol. The molecule has 3 heterocycles. The minimum atomic E-state index is -1.78. The van der Waals surface area contributed by atoms with Crippen LogP contribution in [0.4, 0.5) is 0 Å². The number of fused-ring (bicyclic) bond motifs is 1. The Morgan fingerprint density at radius 1 is 0.732 bits per heavy atom. The van der Waals surface area contributed by atoms with Gasteiger partial charge in [-0.05, 0) is 32.0 Å². The lowest BCUT2D eigenvalue weighted by atomic mass is 9.89. The van der Waals surface area contributed by atoms with Crippen molar-refractivity contribution in [3.63, 3.8) is 0 Å². The van der Waals surface area contributed by atoms with Crippen molar-refractivity contribution in [3.8, 4) is 34.3 Å². The highest BCUT2D eigenvalue weighted by atomic mass is 16.7. The summed E-state index contributed by atoms with van der Waals surface area (Å²) >= 11 is 0. The SMILES string of the molecule is C[C@@H]1O[C@@H](O[C@H]2[C@H](O)[C@@H](O)[C@H](C)O[C@@H]2c2c(O)cc3oc(-c4ccc(O)c(O)c4)cc(=O)c3c2O)[C@H](O)[C@H](O)[C@H]1O. The van der Waals surface area contributed by atoms with Gasteiger partial charge in [0.1, 0.15) is 71.0 Å². The number of benzene rings is 2. The van der Waals surface area contributed by atoms with E-state index in [1.807, 2.05) is 0 Å². The Balaban J connectivity index is 1.58. The summed E-state index contributed by atoms with van der Waals surface area (Å²) in [6.07, 6.45) is -15.0. The summed E-state index contributed by atoms with van der Waals surface area (Å²) in [5.41, 5.74) is -1.20. The molecule has 0 bridgehead atoms. The lowest BCUT2D eigenvalue weighted by molar-refractivity contribution is -0.336. The number of aromatic hydroxyl groups is 4. The molecular formula is C27H30O14. The molecule has 2 aromatic carbocycles. The Labute approximate surface area is 231 Å². The van der Waals surface area contributed by atoms with Crippen LogP contribution in [0.5, 0.6) is 23.0 Å². The maximum absolute atomic E-state index is 13.1. The summed E-state index contributed by atoms with van der Waals surface area (Å²) in [7, 11) is 0. The number of hydrogen-bond acceptors (Lipinski definition) is 14. The first-order valence-corrected chi connectivity index (χ1v) is 12.7. The number of phenols is 4. The van der Waals surface area contributed by atoms with Crippen LogP contribution < -0.4 is 5.43 Å². The molecule has 0 unspecified atom stereocenters. The first-order valence-electron chi connectivity index (χ1n) is 12.7. The van der Waals surface area contributed by atoms with Crippen molar-refractivity contribution < 1.29 is 64.6 Å². The third-order valence-electron chi connectivity index (χ3n) is 7.48. The Bertz CT molecular complexity index is 1500. The van der Waals surface area contributed by atoms with Crippen molar-refractivity contribution in [1.29, 1.82) is 0 Å². The predicted molar refractivity (Wildman–Crippen MR) is 137 cm³/mol. The van der Waals surface area contributed by atoms with E-state index in [2.05, 4.69) is 0 Å². The lowest BCUT2D eigenvalue weighted by Gasteiger charge is -2.46. The number of ether oxygens (including phenoxy) is 3. The van der Waals surface area contributed by atoms with E-state index in [4.69, 9.17) is 18.6 Å². The van der Waals surface area contributed by atoms with E-state index in [1.165, 1.54) is 26.0 Å². The molecule has 1 aromatic heterocycles. The molecule has 0 radical (unpaired) electrons. The van der Waals surface area contributed by atoms with Crippen LogP contribution in [-0.2, 0) is 14.2 Å². The highest BCUT2D eigenvalue weighted by Crippen LogP contribution is 2.46. The van der Waals surface area contributed by atoms with Crippen molar-refractivity contribution in [1.82, 2.24) is 0 Å². The number of hydrogen-bond donors (Lipinski definition) is 9. The zero-order valence-electron chi connectivity index (χ0n) is 21.7. The number of phenolic OH excluding ortho intramolecular Hbond substituents is 4. The van der Waals surface area contributed by atoms with Crippen LogP contribution in [0.3, 0.4) is 0 Å². The van der Waals surface area contributed by atoms with Gasteiger partial charge in [-0.15, -0.1) is 0 Å². The van der Waals surface area contributed by atoms with Gasteiger partial charge in [-0.3, -0.25) is 4.79 Å². The van der Waals surface area contributed by atoms with Crippen molar-refractivity contribution in [2.75, 3.05) is 0 Å². The lowest BCUT2D eigenvalue weighted by Crippen LogP contribution is -2.61. The highest BCUT2D eigenvalue weighted by molar-refractivity contribution is 5.88. The number of aliphatic hydroxyl groups excluding tert-OH is 5. The summed E-state index contributed by atoms with van der Waals surface area (Å²) in [4.78, 5) is 13.1. The van der Waals surface area contributed by atoms with E-state index in [9.17, 15) is 50.8 Å². The van der Waals surface area contributed by atoms with Gasteiger partial charge in [0.05, 0.1) is 17.8 Å². The van der Waals surface area contributed by atoms with Crippen molar-refractivity contribution in [2.24, 2.45) is 0 Å². The van der Waals surface area contributed by atoms with Gasteiger partial charge in [-0.2, -0.15) is 0 Å². The number of rotatable bonds is 4. The molecule has 41 heavy (non-hydrogen) atoms. The van der Waals surface area contributed by atoms with Gasteiger partial charge in [-0.1, -0.05) is 0 Å². The molecule has 2 fully saturated rings. The van der Waals surface area contributed by atoms with Crippen molar-refractivity contribution >= 4 is 11.0 Å². The summed E-state index contributed by atoms with van der Waals surface area (Å²) in [5.74, 6) is -2.34. The smallest absolute Gasteiger partial charge is 0.197 e. The molecule has 2 aliphatic heterocycles. The molecule has 10 atom stereocenters. The van der Waals surface area contributed by atoms with E-state index in [1.54, 1.807) is 0 Å². The average Bonchev–Trinajstić information content (AvgIpc) is 2.92. The molecule has 14 heteroatoms. The molecule has 0 saturated carbocycles. The minimum Gasteiger partial charge on any atom is -0.507 e. The van der Waals surface area contributed by atoms with Crippen molar-refractivity contribution in [2.45, 2.75) is 75.1 Å². The second-order valence-corrected chi connectivity index (χ2v) is 10.2. The van der Waals surface area contributed by atoms with Crippen LogP contribution >= 0.6 is 0 Å². The van der Waals surface area contributed by atoms with Crippen LogP contribution in [0.2, 0.25) is 0 Å². The Hall–Kier alpha value is -3.47. The van der Waals surface area contributed by atoms with Gasteiger partial charge in [-0.25, -0.2) is 0 Å². The first kappa shape index (κ1) is 29.0. The predicted octanol–water partition coefficient (Wildman–Crippen LogP) is -0.323. The van der Waals surface area contributed by atoms with E-state index < -0.39 is 95.2 Å². The maximum Gasteiger partial charge on any atom is 0.197 e. The van der Waals surface area contributed by atoms with Crippen LogP contribution in [0, 0.1) is 0 Å². The minimum absolute atomic E-state index is 0.0510. The van der Waals surface area contributed by atoms with E-state index >= 15 is 0 Å². The van der Waals surface area contributed by atoms with Gasteiger partial charge in [0.15, 0.2) is 23.2 Å². The van der Waals surface area contributed by atoms with Gasteiger partial charge in [0.25, 0.3) is 0 Å². The fraction of sp³-hybridized carbons (Fsp3) is 0.444. The summed E-state index contributed by atoms with van der Waals surface area (Å²) in [6, 6.07) is 5.75. The fourth-order valence-corrected chi connectivity index (χ4v) is 5.11. The molecule has 5 rings (SSSR count). The molecule has 222 valence electrons. The zero-order valence-corrected chi connectivity index (χ0v) is 21.7. The quantitative estimate of drug-likeness (QED) is 0.180. The highest BCUT2D eigenvalue weighted by Gasteiger charge is 2.50. The van der Waals surface area contributed by atoms with Crippen molar-refractivity contribution in [3.05, 3.63) is 46.1 Å². The fourth-order valence-electron chi connectivity index (χ4n) is 5.11. The van der Waals surface area contributed by atoms with Crippen LogP contribution in [-0.4, -0.2) is 101 Å². The first-order chi connectivity index (χ1) is 19.3. The second kappa shape index (κ2) is 10.7. The summed E-state index contributed by atoms with van der Waals surface area (Å²) in [5, 5.41) is 93.2. The molecule has 0 aliphatic carbocycles. The largest absolute Gasteiger partial charge is 0.507 e. The molecular weight excluding hydrogens is 548 g/mol. The Kier molecular flexibility index (Phi) is 7.61. The second-order valence-electron chi connectivity index (χ2n) is 10.2. The normalized spacial score (nSPS) is 34.1. The third-order valence-corrected chi connectivity index (χ3v) is 7.48. The molecule has 9 N–H and O–H groups in total. The third kappa shape index (κ3) is 4.98. The van der Waals surface area contributed by atoms with Crippen LogP contribution in [0.1, 0.15) is 25.5 Å². The van der Waals surface area contributed by atoms with Gasteiger partial charge < -0.3 is 64.6 Å².